The fourth-order valence-corrected chi connectivity index (χ4v) is 4.81. The van der Waals surface area contributed by atoms with E-state index < -0.39 is 0 Å². The van der Waals surface area contributed by atoms with Crippen LogP contribution in [-0.4, -0.2) is 10.6 Å². The van der Waals surface area contributed by atoms with Crippen molar-refractivity contribution < 1.29 is 5.11 Å². The van der Waals surface area contributed by atoms with Gasteiger partial charge < -0.3 is 10.4 Å². The number of aryl methyl sites for hydroxylation is 1. The number of para-hydroxylation sites is 1. The van der Waals surface area contributed by atoms with E-state index in [1.807, 2.05) is 0 Å². The first-order chi connectivity index (χ1) is 13.3. The van der Waals surface area contributed by atoms with Gasteiger partial charge in [-0.3, -0.25) is 0 Å². The third-order valence-corrected chi connectivity index (χ3v) is 6.74. The molecular weight excluding hydrogens is 361 g/mol. The van der Waals surface area contributed by atoms with E-state index in [0.29, 0.717) is 20.2 Å². The lowest BCUT2D eigenvalue weighted by atomic mass is 9.93. The molecule has 0 heterocycles. The Kier molecular flexibility index (Phi) is 6.75. The molecule has 2 unspecified atom stereocenters. The Morgan fingerprint density at radius 3 is 2.54 bits per heavy atom. The van der Waals surface area contributed by atoms with Crippen LogP contribution in [-0.2, 0) is 13.0 Å². The highest BCUT2D eigenvalue weighted by Crippen LogP contribution is 2.28. The normalized spacial score (nSPS) is 16.9. The summed E-state index contributed by atoms with van der Waals surface area (Å²) < 4.78 is 0. The number of aromatic hydroxyl groups is 1. The van der Waals surface area contributed by atoms with Crippen molar-refractivity contribution in [3.63, 3.8) is 0 Å². The van der Waals surface area contributed by atoms with E-state index in [4.69, 9.17) is 0 Å². The molecule has 2 N–H and O–H groups in total. The molecule has 2 aromatic carbocycles. The number of hydrogen-bond donors (Lipinski definition) is 2. The number of phenolic OH excluding ortho intramolecular Hbond substituents is 1. The number of phenols is 1. The summed E-state index contributed by atoms with van der Waals surface area (Å²) in [6.07, 6.45) is 10.6. The molecule has 3 heteroatoms. The zero-order valence-electron chi connectivity index (χ0n) is 17.4. The lowest BCUT2D eigenvalue weighted by Gasteiger charge is -2.22. The third kappa shape index (κ3) is 5.56. The minimum atomic E-state index is 0.0775. The average molecular weight is 394 g/mol. The van der Waals surface area contributed by atoms with Crippen molar-refractivity contribution in [3.8, 4) is 5.75 Å². The van der Waals surface area contributed by atoms with Gasteiger partial charge in [-0.25, -0.2) is 0 Å². The molecule has 0 aliphatic heterocycles. The maximum absolute atomic E-state index is 11.0. The van der Waals surface area contributed by atoms with Crippen LogP contribution in [0.3, 0.4) is 0 Å². The fraction of sp³-hybridized carbons (Fsp3) is 0.360. The van der Waals surface area contributed by atoms with Crippen LogP contribution in [0.2, 0.25) is 0 Å². The zero-order valence-corrected chi connectivity index (χ0v) is 18.4. The SMILES string of the molecule is Cc1cccc(CNC(C)(C)C)c1Pc1cccc(CC2C=CC=CC2)c1O. The third-order valence-electron chi connectivity index (χ3n) is 5.10. The summed E-state index contributed by atoms with van der Waals surface area (Å²) in [4.78, 5) is 0. The van der Waals surface area contributed by atoms with Crippen molar-refractivity contribution in [1.82, 2.24) is 5.32 Å². The lowest BCUT2D eigenvalue weighted by Crippen LogP contribution is -2.36. The minimum absolute atomic E-state index is 0.0775. The first kappa shape index (κ1) is 20.8. The predicted molar refractivity (Wildman–Crippen MR) is 124 cm³/mol. The molecule has 0 amide bonds. The molecule has 1 aliphatic carbocycles. The van der Waals surface area contributed by atoms with Crippen LogP contribution in [0.5, 0.6) is 5.75 Å². The van der Waals surface area contributed by atoms with Crippen LogP contribution < -0.4 is 15.9 Å². The second kappa shape index (κ2) is 9.07. The summed E-state index contributed by atoms with van der Waals surface area (Å²) in [5, 5.41) is 17.0. The second-order valence-electron chi connectivity index (χ2n) is 8.66. The molecule has 0 fully saturated rings. The van der Waals surface area contributed by atoms with Crippen LogP contribution in [0.25, 0.3) is 0 Å². The van der Waals surface area contributed by atoms with E-state index in [9.17, 15) is 5.11 Å². The topological polar surface area (TPSA) is 32.3 Å². The Balaban J connectivity index is 1.83. The monoisotopic (exact) mass is 393 g/mol. The van der Waals surface area contributed by atoms with Crippen molar-refractivity contribution in [1.29, 1.82) is 0 Å². The van der Waals surface area contributed by atoms with Crippen molar-refractivity contribution in [2.75, 3.05) is 0 Å². The first-order valence-electron chi connectivity index (χ1n) is 10.1. The smallest absolute Gasteiger partial charge is 0.126 e. The molecule has 0 spiro atoms. The summed E-state index contributed by atoms with van der Waals surface area (Å²) in [7, 11) is 0.453. The van der Waals surface area contributed by atoms with Gasteiger partial charge in [0.2, 0.25) is 0 Å². The van der Waals surface area contributed by atoms with Crippen LogP contribution in [0.4, 0.5) is 0 Å². The van der Waals surface area contributed by atoms with Gasteiger partial charge >= 0.3 is 0 Å². The largest absolute Gasteiger partial charge is 0.507 e. The fourth-order valence-electron chi connectivity index (χ4n) is 3.47. The van der Waals surface area contributed by atoms with Crippen molar-refractivity contribution in [2.45, 2.75) is 52.6 Å². The van der Waals surface area contributed by atoms with E-state index in [0.717, 1.165) is 30.3 Å². The Labute approximate surface area is 171 Å². The molecule has 2 aromatic rings. The molecule has 2 atom stereocenters. The van der Waals surface area contributed by atoms with Crippen molar-refractivity contribution in [2.24, 2.45) is 5.92 Å². The van der Waals surface area contributed by atoms with Crippen LogP contribution in [0.15, 0.2) is 60.7 Å². The Hall–Kier alpha value is -1.89. The number of benzene rings is 2. The predicted octanol–water partition coefficient (Wildman–Crippen LogP) is 4.89. The molecule has 0 saturated carbocycles. The van der Waals surface area contributed by atoms with Gasteiger partial charge in [0.05, 0.1) is 0 Å². The maximum atomic E-state index is 11.0. The Bertz CT molecular complexity index is 877. The van der Waals surface area contributed by atoms with Gasteiger partial charge in [0, 0.05) is 17.4 Å². The van der Waals surface area contributed by atoms with E-state index >= 15 is 0 Å². The summed E-state index contributed by atoms with van der Waals surface area (Å²) in [5.74, 6) is 0.946. The molecular formula is C25H32NOP. The lowest BCUT2D eigenvalue weighted by molar-refractivity contribution is 0.425. The summed E-state index contributed by atoms with van der Waals surface area (Å²) >= 11 is 0. The standard InChI is InChI=1S/C25H32NOP/c1-18-10-8-14-21(17-26-25(2,3)4)24(18)28-22-15-9-13-20(23(22)27)16-19-11-6-5-7-12-19/h5-11,13-15,19,26-28H,12,16-17H2,1-4H3. The van der Waals surface area contributed by atoms with Gasteiger partial charge in [0.1, 0.15) is 5.75 Å². The highest BCUT2D eigenvalue weighted by molar-refractivity contribution is 7.56. The first-order valence-corrected chi connectivity index (χ1v) is 11.1. The van der Waals surface area contributed by atoms with Crippen molar-refractivity contribution >= 4 is 19.2 Å². The Morgan fingerprint density at radius 1 is 1.07 bits per heavy atom. The van der Waals surface area contributed by atoms with Crippen LogP contribution in [0.1, 0.15) is 43.9 Å². The summed E-state index contributed by atoms with van der Waals surface area (Å²) in [6, 6.07) is 12.7. The van der Waals surface area contributed by atoms with Gasteiger partial charge in [-0.05, 0) is 68.4 Å². The van der Waals surface area contributed by atoms with Gasteiger partial charge in [-0.15, -0.1) is 0 Å². The highest BCUT2D eigenvalue weighted by atomic mass is 31.1. The number of hydrogen-bond acceptors (Lipinski definition) is 2. The van der Waals surface area contributed by atoms with Gasteiger partial charge in [0.15, 0.2) is 0 Å². The molecule has 0 aromatic heterocycles. The second-order valence-corrected chi connectivity index (χ2v) is 9.95. The molecule has 0 saturated heterocycles. The number of rotatable bonds is 6. The average Bonchev–Trinajstić information content (AvgIpc) is 2.65. The zero-order chi connectivity index (χ0) is 20.1. The molecule has 3 rings (SSSR count). The summed E-state index contributed by atoms with van der Waals surface area (Å²) in [6.45, 7) is 9.58. The minimum Gasteiger partial charge on any atom is -0.507 e. The summed E-state index contributed by atoms with van der Waals surface area (Å²) in [5.41, 5.74) is 3.74. The maximum Gasteiger partial charge on any atom is 0.126 e. The Morgan fingerprint density at radius 2 is 1.82 bits per heavy atom. The van der Waals surface area contributed by atoms with Crippen LogP contribution >= 0.6 is 8.58 Å². The van der Waals surface area contributed by atoms with Gasteiger partial charge in [-0.2, -0.15) is 0 Å². The van der Waals surface area contributed by atoms with E-state index in [-0.39, 0.29) is 5.54 Å². The van der Waals surface area contributed by atoms with Crippen molar-refractivity contribution in [3.05, 3.63) is 77.4 Å². The van der Waals surface area contributed by atoms with E-state index in [1.165, 1.54) is 16.4 Å². The number of nitrogens with one attached hydrogen (secondary N) is 1. The molecule has 28 heavy (non-hydrogen) atoms. The molecule has 148 valence electrons. The molecule has 0 bridgehead atoms. The van der Waals surface area contributed by atoms with E-state index in [1.54, 1.807) is 0 Å². The highest BCUT2D eigenvalue weighted by Gasteiger charge is 2.16. The van der Waals surface area contributed by atoms with Gasteiger partial charge in [0.25, 0.3) is 0 Å². The molecule has 1 aliphatic rings. The molecule has 0 radical (unpaired) electrons. The van der Waals surface area contributed by atoms with Crippen LogP contribution in [0, 0.1) is 12.8 Å². The molecule has 2 nitrogen and oxygen atoms in total. The quantitative estimate of drug-likeness (QED) is 0.685. The van der Waals surface area contributed by atoms with E-state index in [2.05, 4.69) is 93.7 Å². The number of allylic oxidation sites excluding steroid dienone is 4. The van der Waals surface area contributed by atoms with Gasteiger partial charge in [-0.1, -0.05) is 69.3 Å².